The van der Waals surface area contributed by atoms with Gasteiger partial charge in [0.25, 0.3) is 5.91 Å². The molecule has 7 heteroatoms. The van der Waals surface area contributed by atoms with Crippen molar-refractivity contribution in [2.75, 3.05) is 19.3 Å². The van der Waals surface area contributed by atoms with Crippen LogP contribution in [-0.4, -0.2) is 50.7 Å². The van der Waals surface area contributed by atoms with Crippen LogP contribution in [0.2, 0.25) is 0 Å². The molecule has 1 fully saturated rings. The number of carbonyl (C=O) groups is 1. The number of piperazine rings is 1. The van der Waals surface area contributed by atoms with Crippen LogP contribution in [0.1, 0.15) is 24.2 Å². The van der Waals surface area contributed by atoms with Crippen LogP contribution >= 0.6 is 12.4 Å². The summed E-state index contributed by atoms with van der Waals surface area (Å²) in [6, 6.07) is 6.58. The third-order valence-corrected chi connectivity index (χ3v) is 4.64. The van der Waals surface area contributed by atoms with E-state index < -0.39 is 9.84 Å². The van der Waals surface area contributed by atoms with Gasteiger partial charge in [-0.25, -0.2) is 8.42 Å². The summed E-state index contributed by atoms with van der Waals surface area (Å²) >= 11 is 0. The van der Waals surface area contributed by atoms with Gasteiger partial charge in [0.05, 0.1) is 4.90 Å². The van der Waals surface area contributed by atoms with Crippen LogP contribution in [0.5, 0.6) is 0 Å². The van der Waals surface area contributed by atoms with E-state index in [0.29, 0.717) is 12.1 Å². The molecule has 1 aromatic carbocycles. The normalized spacial score (nSPS) is 22.5. The molecule has 2 rings (SSSR count). The Balaban J connectivity index is 0.00000220. The van der Waals surface area contributed by atoms with Crippen molar-refractivity contribution in [3.05, 3.63) is 29.8 Å². The second-order valence-electron chi connectivity index (χ2n) is 5.42. The van der Waals surface area contributed by atoms with Gasteiger partial charge in [0.2, 0.25) is 0 Å². The first-order valence-electron chi connectivity index (χ1n) is 6.63. The number of benzene rings is 1. The lowest BCUT2D eigenvalue weighted by atomic mass is 10.1. The summed E-state index contributed by atoms with van der Waals surface area (Å²) in [7, 11) is -3.30. The highest BCUT2D eigenvalue weighted by molar-refractivity contribution is 7.90. The molecule has 1 N–H and O–H groups in total. The SMILES string of the molecule is CC1CN(C(=O)c2cccc(S(C)(=O)=O)c2)C(C)CN1.Cl. The fraction of sp³-hybridized carbons (Fsp3) is 0.500. The third kappa shape index (κ3) is 4.18. The summed E-state index contributed by atoms with van der Waals surface area (Å²) < 4.78 is 23.1. The largest absolute Gasteiger partial charge is 0.333 e. The van der Waals surface area contributed by atoms with Crippen LogP contribution in [0.3, 0.4) is 0 Å². The lowest BCUT2D eigenvalue weighted by Gasteiger charge is -2.37. The van der Waals surface area contributed by atoms with Crippen molar-refractivity contribution < 1.29 is 13.2 Å². The summed E-state index contributed by atoms with van der Waals surface area (Å²) in [5.41, 5.74) is 0.425. The van der Waals surface area contributed by atoms with Crippen molar-refractivity contribution in [3.63, 3.8) is 0 Å². The average molecular weight is 333 g/mol. The topological polar surface area (TPSA) is 66.5 Å². The number of nitrogens with zero attached hydrogens (tertiary/aromatic N) is 1. The van der Waals surface area contributed by atoms with E-state index in [4.69, 9.17) is 0 Å². The minimum Gasteiger partial charge on any atom is -0.333 e. The van der Waals surface area contributed by atoms with Crippen molar-refractivity contribution in [1.29, 1.82) is 0 Å². The van der Waals surface area contributed by atoms with Crippen molar-refractivity contribution in [3.8, 4) is 0 Å². The minimum absolute atomic E-state index is 0. The van der Waals surface area contributed by atoms with Gasteiger partial charge < -0.3 is 10.2 Å². The van der Waals surface area contributed by atoms with Crippen molar-refractivity contribution in [1.82, 2.24) is 10.2 Å². The molecule has 5 nitrogen and oxygen atoms in total. The Morgan fingerprint density at radius 3 is 2.62 bits per heavy atom. The molecule has 1 aliphatic heterocycles. The predicted molar refractivity (Wildman–Crippen MR) is 84.8 cm³/mol. The number of rotatable bonds is 2. The maximum Gasteiger partial charge on any atom is 0.254 e. The van der Waals surface area contributed by atoms with Gasteiger partial charge in [-0.3, -0.25) is 4.79 Å². The maximum atomic E-state index is 12.5. The van der Waals surface area contributed by atoms with Gasteiger partial charge in [-0.05, 0) is 32.0 Å². The summed E-state index contributed by atoms with van der Waals surface area (Å²) in [6.07, 6.45) is 1.14. The quantitative estimate of drug-likeness (QED) is 0.887. The summed E-state index contributed by atoms with van der Waals surface area (Å²) in [6.45, 7) is 5.39. The van der Waals surface area contributed by atoms with E-state index in [1.165, 1.54) is 12.1 Å². The van der Waals surface area contributed by atoms with Gasteiger partial charge in [0.1, 0.15) is 0 Å². The Bertz CT molecular complexity index is 618. The lowest BCUT2D eigenvalue weighted by molar-refractivity contribution is 0.0616. The molecule has 0 aromatic heterocycles. The van der Waals surface area contributed by atoms with Crippen LogP contribution < -0.4 is 5.32 Å². The molecule has 1 amide bonds. The molecule has 0 bridgehead atoms. The molecular weight excluding hydrogens is 312 g/mol. The molecule has 1 heterocycles. The Kier molecular flexibility index (Phi) is 5.78. The van der Waals surface area contributed by atoms with Gasteiger partial charge in [-0.2, -0.15) is 0 Å². The first kappa shape index (κ1) is 17.9. The summed E-state index contributed by atoms with van der Waals surface area (Å²) in [5, 5.41) is 3.31. The number of halogens is 1. The Morgan fingerprint density at radius 2 is 2.00 bits per heavy atom. The molecule has 0 radical (unpaired) electrons. The number of nitrogens with one attached hydrogen (secondary N) is 1. The Morgan fingerprint density at radius 1 is 1.33 bits per heavy atom. The summed E-state index contributed by atoms with van der Waals surface area (Å²) in [5.74, 6) is -0.114. The van der Waals surface area contributed by atoms with Crippen LogP contribution in [0.25, 0.3) is 0 Å². The van der Waals surface area contributed by atoms with E-state index in [-0.39, 0.29) is 35.3 Å². The van der Waals surface area contributed by atoms with E-state index >= 15 is 0 Å². The molecule has 1 aromatic rings. The highest BCUT2D eigenvalue weighted by Crippen LogP contribution is 2.16. The lowest BCUT2D eigenvalue weighted by Crippen LogP contribution is -2.56. The molecule has 0 saturated carbocycles. The first-order chi connectivity index (χ1) is 9.29. The fourth-order valence-corrected chi connectivity index (χ4v) is 3.00. The number of hydrogen-bond acceptors (Lipinski definition) is 4. The zero-order valence-electron chi connectivity index (χ0n) is 12.4. The van der Waals surface area contributed by atoms with Crippen LogP contribution in [0.15, 0.2) is 29.2 Å². The zero-order valence-corrected chi connectivity index (χ0v) is 14.0. The highest BCUT2D eigenvalue weighted by Gasteiger charge is 2.27. The Labute approximate surface area is 132 Å². The van der Waals surface area contributed by atoms with Crippen LogP contribution in [0.4, 0.5) is 0 Å². The molecule has 0 spiro atoms. The van der Waals surface area contributed by atoms with Gasteiger partial charge in [0, 0.05) is 37.0 Å². The smallest absolute Gasteiger partial charge is 0.254 e. The van der Waals surface area contributed by atoms with Gasteiger partial charge in [0.15, 0.2) is 9.84 Å². The van der Waals surface area contributed by atoms with Crippen molar-refractivity contribution in [2.45, 2.75) is 30.8 Å². The van der Waals surface area contributed by atoms with E-state index in [0.717, 1.165) is 12.8 Å². The molecular formula is C14H21ClN2O3S. The Hall–Kier alpha value is -1.11. The van der Waals surface area contributed by atoms with Crippen LogP contribution in [-0.2, 0) is 9.84 Å². The number of carbonyl (C=O) groups excluding carboxylic acids is 1. The second-order valence-corrected chi connectivity index (χ2v) is 7.43. The van der Waals surface area contributed by atoms with Crippen molar-refractivity contribution in [2.24, 2.45) is 0 Å². The molecule has 0 aliphatic carbocycles. The van der Waals surface area contributed by atoms with Gasteiger partial charge >= 0.3 is 0 Å². The average Bonchev–Trinajstić information content (AvgIpc) is 2.40. The number of hydrogen-bond donors (Lipinski definition) is 1. The molecule has 2 atom stereocenters. The molecule has 118 valence electrons. The predicted octanol–water partition coefficient (Wildman–Crippen LogP) is 1.33. The third-order valence-electron chi connectivity index (χ3n) is 3.53. The van der Waals surface area contributed by atoms with Gasteiger partial charge in [-0.15, -0.1) is 12.4 Å². The summed E-state index contributed by atoms with van der Waals surface area (Å²) in [4.78, 5) is 14.5. The van der Waals surface area contributed by atoms with Crippen LogP contribution in [0, 0.1) is 0 Å². The second kappa shape index (κ2) is 6.77. The van der Waals surface area contributed by atoms with E-state index in [9.17, 15) is 13.2 Å². The molecule has 21 heavy (non-hydrogen) atoms. The van der Waals surface area contributed by atoms with E-state index in [2.05, 4.69) is 5.32 Å². The molecule has 1 saturated heterocycles. The highest BCUT2D eigenvalue weighted by atomic mass is 35.5. The standard InChI is InChI=1S/C14H20N2O3S.ClH/c1-10-9-16(11(2)8-15-10)14(17)12-5-4-6-13(7-12)20(3,18)19;/h4-7,10-11,15H,8-9H2,1-3H3;1H. The minimum atomic E-state index is -3.30. The number of sulfone groups is 1. The van der Waals surface area contributed by atoms with Crippen molar-refractivity contribution >= 4 is 28.2 Å². The number of amides is 1. The van der Waals surface area contributed by atoms with Gasteiger partial charge in [-0.1, -0.05) is 6.07 Å². The zero-order chi connectivity index (χ0) is 14.9. The monoisotopic (exact) mass is 332 g/mol. The molecule has 2 unspecified atom stereocenters. The first-order valence-corrected chi connectivity index (χ1v) is 8.52. The van der Waals surface area contributed by atoms with E-state index in [1.54, 1.807) is 17.0 Å². The maximum absolute atomic E-state index is 12.5. The molecule has 1 aliphatic rings. The fourth-order valence-electron chi connectivity index (χ4n) is 2.33. The van der Waals surface area contributed by atoms with E-state index in [1.807, 2.05) is 13.8 Å².